The second kappa shape index (κ2) is 5.65. The fraction of sp³-hybridized carbons (Fsp3) is 0.600. The Hall–Kier alpha value is -0.350. The van der Waals surface area contributed by atoms with Crippen molar-refractivity contribution in [1.29, 1.82) is 0 Å². The van der Waals surface area contributed by atoms with Gasteiger partial charge < -0.3 is 5.11 Å². The van der Waals surface area contributed by atoms with E-state index in [0.717, 1.165) is 0 Å². The van der Waals surface area contributed by atoms with Crippen LogP contribution in [0.15, 0.2) is 0 Å². The van der Waals surface area contributed by atoms with E-state index >= 15 is 0 Å². The van der Waals surface area contributed by atoms with Gasteiger partial charge in [-0.15, -0.1) is 12.4 Å². The van der Waals surface area contributed by atoms with E-state index in [1.165, 1.54) is 0 Å². The van der Waals surface area contributed by atoms with Gasteiger partial charge in [0, 0.05) is 5.92 Å². The summed E-state index contributed by atoms with van der Waals surface area (Å²) in [4.78, 5) is 0. The quantitative estimate of drug-likeness (QED) is 0.479. The van der Waals surface area contributed by atoms with Gasteiger partial charge in [-0.2, -0.15) is 0 Å². The van der Waals surface area contributed by atoms with Crippen molar-refractivity contribution in [3.05, 3.63) is 0 Å². The molecule has 0 fully saturated rings. The van der Waals surface area contributed by atoms with Crippen LogP contribution in [0, 0.1) is 17.9 Å². The minimum Gasteiger partial charge on any atom is -0.462 e. The molecule has 7 heavy (non-hydrogen) atoms. The molecule has 0 aliphatic heterocycles. The van der Waals surface area contributed by atoms with Crippen molar-refractivity contribution in [3.63, 3.8) is 0 Å². The molecular formula is C5H9ClO. The van der Waals surface area contributed by atoms with E-state index in [2.05, 4.69) is 5.92 Å². The van der Waals surface area contributed by atoms with Gasteiger partial charge in [0.2, 0.25) is 0 Å². The predicted molar refractivity (Wildman–Crippen MR) is 31.8 cm³/mol. The van der Waals surface area contributed by atoms with Crippen LogP contribution in [-0.2, 0) is 0 Å². The minimum absolute atomic E-state index is 0. The summed E-state index contributed by atoms with van der Waals surface area (Å²) in [5.41, 5.74) is 0. The highest BCUT2D eigenvalue weighted by atomic mass is 35.5. The Kier molecular flexibility index (Phi) is 7.92. The zero-order valence-corrected chi connectivity index (χ0v) is 5.25. The summed E-state index contributed by atoms with van der Waals surface area (Å²) in [7, 11) is 0. The molecule has 0 saturated carbocycles. The molecule has 0 radical (unpaired) electrons. The molecule has 0 amide bonds. The lowest BCUT2D eigenvalue weighted by atomic mass is 10.2. The summed E-state index contributed by atoms with van der Waals surface area (Å²) in [5, 5.41) is 7.88. The van der Waals surface area contributed by atoms with E-state index in [4.69, 9.17) is 5.11 Å². The Balaban J connectivity index is 0. The van der Waals surface area contributed by atoms with Gasteiger partial charge in [0.05, 0.1) is 0 Å². The molecule has 0 aliphatic carbocycles. The first kappa shape index (κ1) is 9.82. The van der Waals surface area contributed by atoms with Crippen molar-refractivity contribution in [2.75, 3.05) is 0 Å². The van der Waals surface area contributed by atoms with E-state index in [0.29, 0.717) is 0 Å². The second-order valence-electron chi connectivity index (χ2n) is 1.41. The topological polar surface area (TPSA) is 20.2 Å². The van der Waals surface area contributed by atoms with Crippen LogP contribution in [0.3, 0.4) is 0 Å². The van der Waals surface area contributed by atoms with Gasteiger partial charge in [-0.3, -0.25) is 0 Å². The number of hydrogen-bond donors (Lipinski definition) is 1. The maximum Gasteiger partial charge on any atom is 0.107 e. The smallest absolute Gasteiger partial charge is 0.107 e. The van der Waals surface area contributed by atoms with Crippen LogP contribution in [0.1, 0.15) is 13.8 Å². The third kappa shape index (κ3) is 10.7. The third-order valence-electron chi connectivity index (χ3n) is 0.353. The molecule has 0 heterocycles. The molecule has 0 bridgehead atoms. The number of halogens is 1. The average molecular weight is 121 g/mol. The summed E-state index contributed by atoms with van der Waals surface area (Å²) < 4.78 is 0. The number of hydrogen-bond acceptors (Lipinski definition) is 1. The molecule has 0 aliphatic rings. The van der Waals surface area contributed by atoms with E-state index in [9.17, 15) is 0 Å². The highest BCUT2D eigenvalue weighted by Crippen LogP contribution is 1.83. The Morgan fingerprint density at radius 1 is 1.43 bits per heavy atom. The summed E-state index contributed by atoms with van der Waals surface area (Å²) in [6.45, 7) is 3.84. The Labute approximate surface area is 50.1 Å². The lowest BCUT2D eigenvalue weighted by Crippen LogP contribution is -1.75. The molecule has 0 unspecified atom stereocenters. The van der Waals surface area contributed by atoms with Crippen molar-refractivity contribution in [3.8, 4) is 12.0 Å². The molecule has 0 atom stereocenters. The molecule has 1 N–H and O–H groups in total. The van der Waals surface area contributed by atoms with Crippen LogP contribution in [0.25, 0.3) is 0 Å². The van der Waals surface area contributed by atoms with E-state index in [1.54, 1.807) is 0 Å². The molecule has 42 valence electrons. The van der Waals surface area contributed by atoms with Crippen LogP contribution < -0.4 is 0 Å². The SMILES string of the molecule is CC(C)C#CO.Cl. The first-order chi connectivity index (χ1) is 2.77. The summed E-state index contributed by atoms with van der Waals surface area (Å²) in [6.07, 6.45) is 1.82. The standard InChI is InChI=1S/C5H8O.ClH/c1-5(2)3-4-6;/h5-6H,1-2H3;1H. The van der Waals surface area contributed by atoms with Gasteiger partial charge in [-0.1, -0.05) is 19.8 Å². The van der Waals surface area contributed by atoms with Crippen LogP contribution in [-0.4, -0.2) is 5.11 Å². The normalized spacial score (nSPS) is 6.14. The fourth-order valence-corrected chi connectivity index (χ4v) is 0.129. The number of aliphatic hydroxyl groups excluding tert-OH is 1. The third-order valence-corrected chi connectivity index (χ3v) is 0.353. The van der Waals surface area contributed by atoms with Crippen LogP contribution in [0.5, 0.6) is 0 Å². The summed E-state index contributed by atoms with van der Waals surface area (Å²) in [6, 6.07) is 0. The highest BCUT2D eigenvalue weighted by Gasteiger charge is 1.77. The maximum absolute atomic E-state index is 7.88. The molecule has 1 nitrogen and oxygen atoms in total. The lowest BCUT2D eigenvalue weighted by molar-refractivity contribution is 0.514. The zero-order valence-electron chi connectivity index (χ0n) is 4.43. The van der Waals surface area contributed by atoms with Crippen molar-refractivity contribution in [2.24, 2.45) is 5.92 Å². The highest BCUT2D eigenvalue weighted by molar-refractivity contribution is 5.85. The molecule has 0 saturated heterocycles. The first-order valence-electron chi connectivity index (χ1n) is 1.92. The molecule has 2 heteroatoms. The zero-order chi connectivity index (χ0) is 4.99. The second-order valence-corrected chi connectivity index (χ2v) is 1.41. The van der Waals surface area contributed by atoms with Gasteiger partial charge in [0.25, 0.3) is 0 Å². The van der Waals surface area contributed by atoms with Crippen molar-refractivity contribution in [1.82, 2.24) is 0 Å². The predicted octanol–water partition coefficient (Wildman–Crippen LogP) is 1.40. The van der Waals surface area contributed by atoms with Gasteiger partial charge in [-0.05, 0) is 0 Å². The number of rotatable bonds is 0. The fourth-order valence-electron chi connectivity index (χ4n) is 0.129. The van der Waals surface area contributed by atoms with Gasteiger partial charge in [-0.25, -0.2) is 0 Å². The van der Waals surface area contributed by atoms with Crippen molar-refractivity contribution >= 4 is 12.4 Å². The Morgan fingerprint density at radius 3 is 1.86 bits per heavy atom. The molecule has 0 spiro atoms. The Bertz CT molecular complexity index is 77.8. The first-order valence-corrected chi connectivity index (χ1v) is 1.92. The monoisotopic (exact) mass is 120 g/mol. The summed E-state index contributed by atoms with van der Waals surface area (Å²) >= 11 is 0. The van der Waals surface area contributed by atoms with E-state index in [1.807, 2.05) is 20.0 Å². The van der Waals surface area contributed by atoms with E-state index in [-0.39, 0.29) is 18.3 Å². The van der Waals surface area contributed by atoms with Crippen molar-refractivity contribution < 1.29 is 5.11 Å². The molecule has 0 aromatic rings. The van der Waals surface area contributed by atoms with Crippen LogP contribution >= 0.6 is 12.4 Å². The molecular weight excluding hydrogens is 112 g/mol. The van der Waals surface area contributed by atoms with E-state index < -0.39 is 0 Å². The average Bonchev–Trinajstić information content (AvgIpc) is 1.35. The molecule has 0 rings (SSSR count). The lowest BCUT2D eigenvalue weighted by Gasteiger charge is -1.80. The number of aliphatic hydroxyl groups is 1. The van der Waals surface area contributed by atoms with Crippen LogP contribution in [0.2, 0.25) is 0 Å². The van der Waals surface area contributed by atoms with Gasteiger partial charge in [0.15, 0.2) is 0 Å². The largest absolute Gasteiger partial charge is 0.462 e. The van der Waals surface area contributed by atoms with Crippen molar-refractivity contribution in [2.45, 2.75) is 13.8 Å². The van der Waals surface area contributed by atoms with Gasteiger partial charge >= 0.3 is 0 Å². The van der Waals surface area contributed by atoms with Gasteiger partial charge in [0.1, 0.15) is 6.11 Å². The maximum atomic E-state index is 7.88. The van der Waals surface area contributed by atoms with Crippen LogP contribution in [0.4, 0.5) is 0 Å². The summed E-state index contributed by atoms with van der Waals surface area (Å²) in [5.74, 6) is 2.80. The molecule has 0 aromatic heterocycles. The Morgan fingerprint density at radius 2 is 1.86 bits per heavy atom. The molecule has 0 aromatic carbocycles. The minimum atomic E-state index is 0.